The lowest BCUT2D eigenvalue weighted by Crippen LogP contribution is -2.47. The Hall–Kier alpha value is -1.49. The highest BCUT2D eigenvalue weighted by atomic mass is 19.1. The first-order valence-corrected chi connectivity index (χ1v) is 6.22. The third kappa shape index (κ3) is 3.10. The molecule has 1 aliphatic carbocycles. The van der Waals surface area contributed by atoms with Crippen molar-refractivity contribution in [1.82, 2.24) is 5.32 Å². The normalized spacial score (nSPS) is 22.2. The van der Waals surface area contributed by atoms with Crippen LogP contribution in [0.2, 0.25) is 0 Å². The summed E-state index contributed by atoms with van der Waals surface area (Å²) in [6.07, 6.45) is 0.508. The minimum Gasteiger partial charge on any atom is -0.394 e. The average Bonchev–Trinajstić information content (AvgIpc) is 3.12. The molecule has 0 aliphatic heterocycles. The first-order chi connectivity index (χ1) is 8.84. The molecule has 2 rings (SSSR count). The van der Waals surface area contributed by atoms with E-state index in [1.165, 1.54) is 0 Å². The van der Waals surface area contributed by atoms with E-state index >= 15 is 0 Å². The summed E-state index contributed by atoms with van der Waals surface area (Å²) in [5.41, 5.74) is -0.452. The van der Waals surface area contributed by atoms with Crippen LogP contribution in [-0.4, -0.2) is 23.2 Å². The van der Waals surface area contributed by atoms with E-state index in [-0.39, 0.29) is 29.9 Å². The molecule has 104 valence electrons. The lowest BCUT2D eigenvalue weighted by atomic mass is 10.1. The van der Waals surface area contributed by atoms with Gasteiger partial charge in [0.15, 0.2) is 0 Å². The number of benzene rings is 1. The van der Waals surface area contributed by atoms with Gasteiger partial charge in [-0.15, -0.1) is 0 Å². The molecule has 0 radical (unpaired) electrons. The molecule has 2 unspecified atom stereocenters. The van der Waals surface area contributed by atoms with Crippen LogP contribution >= 0.6 is 0 Å². The number of carbonyl (C=O) groups excluding carboxylic acids is 1. The Balaban J connectivity index is 2.04. The molecule has 1 aliphatic rings. The van der Waals surface area contributed by atoms with Gasteiger partial charge in [-0.3, -0.25) is 4.79 Å². The third-order valence-electron chi connectivity index (χ3n) is 3.34. The summed E-state index contributed by atoms with van der Waals surface area (Å²) in [6, 6.07) is 3.28. The summed E-state index contributed by atoms with van der Waals surface area (Å²) in [5, 5.41) is 11.8. The molecule has 0 saturated heterocycles. The molecule has 3 nitrogen and oxygen atoms in total. The van der Waals surface area contributed by atoms with Crippen LogP contribution in [0.5, 0.6) is 0 Å². The first-order valence-electron chi connectivity index (χ1n) is 6.22. The van der Waals surface area contributed by atoms with E-state index in [0.717, 1.165) is 18.2 Å². The summed E-state index contributed by atoms with van der Waals surface area (Å²) >= 11 is 0. The van der Waals surface area contributed by atoms with Crippen molar-refractivity contribution in [3.8, 4) is 0 Å². The molecular formula is C14H17F2NO2. The van der Waals surface area contributed by atoms with Gasteiger partial charge in [0.2, 0.25) is 5.91 Å². The Morgan fingerprint density at radius 3 is 2.79 bits per heavy atom. The predicted octanol–water partition coefficient (Wildman–Crippen LogP) is 1.96. The standard InChI is InChI=1S/C14H17F2NO2/c1-14(2,7-18)17-13(19)11-6-9(11)10-5-8(15)3-4-12(10)16/h3-5,9,11,18H,6-7H2,1-2H3,(H,17,19). The highest BCUT2D eigenvalue weighted by Gasteiger charge is 2.46. The second-order valence-corrected chi connectivity index (χ2v) is 5.65. The molecule has 1 amide bonds. The van der Waals surface area contributed by atoms with Gasteiger partial charge in [0, 0.05) is 5.92 Å². The van der Waals surface area contributed by atoms with Gasteiger partial charge in [-0.05, 0) is 49.9 Å². The summed E-state index contributed by atoms with van der Waals surface area (Å²) in [7, 11) is 0. The number of hydrogen-bond acceptors (Lipinski definition) is 2. The van der Waals surface area contributed by atoms with E-state index in [1.807, 2.05) is 0 Å². The second kappa shape index (κ2) is 4.89. The predicted molar refractivity (Wildman–Crippen MR) is 66.5 cm³/mol. The number of hydrogen-bond donors (Lipinski definition) is 2. The van der Waals surface area contributed by atoms with E-state index in [1.54, 1.807) is 13.8 Å². The maximum absolute atomic E-state index is 13.6. The number of nitrogens with one attached hydrogen (secondary N) is 1. The van der Waals surface area contributed by atoms with Crippen molar-refractivity contribution in [1.29, 1.82) is 0 Å². The fourth-order valence-electron chi connectivity index (χ4n) is 2.09. The zero-order valence-electron chi connectivity index (χ0n) is 10.9. The minimum atomic E-state index is -0.704. The SMILES string of the molecule is CC(C)(CO)NC(=O)C1CC1c1cc(F)ccc1F. The van der Waals surface area contributed by atoms with Crippen molar-refractivity contribution in [2.75, 3.05) is 6.61 Å². The van der Waals surface area contributed by atoms with Crippen LogP contribution < -0.4 is 5.32 Å². The molecule has 0 spiro atoms. The van der Waals surface area contributed by atoms with Gasteiger partial charge in [0.25, 0.3) is 0 Å². The van der Waals surface area contributed by atoms with E-state index in [4.69, 9.17) is 5.11 Å². The van der Waals surface area contributed by atoms with Crippen molar-refractivity contribution in [2.45, 2.75) is 31.7 Å². The summed E-state index contributed by atoms with van der Waals surface area (Å²) < 4.78 is 26.7. The Kier molecular flexibility index (Phi) is 3.58. The molecule has 19 heavy (non-hydrogen) atoms. The molecule has 1 fully saturated rings. The summed E-state index contributed by atoms with van der Waals surface area (Å²) in [5.74, 6) is -1.83. The van der Waals surface area contributed by atoms with Gasteiger partial charge in [-0.25, -0.2) is 8.78 Å². The van der Waals surface area contributed by atoms with Gasteiger partial charge in [0.1, 0.15) is 11.6 Å². The Morgan fingerprint density at radius 2 is 2.16 bits per heavy atom. The fourth-order valence-corrected chi connectivity index (χ4v) is 2.09. The van der Waals surface area contributed by atoms with Crippen LogP contribution in [0.4, 0.5) is 8.78 Å². The Bertz CT molecular complexity index is 502. The van der Waals surface area contributed by atoms with Gasteiger partial charge < -0.3 is 10.4 Å². The highest BCUT2D eigenvalue weighted by molar-refractivity contribution is 5.83. The van der Waals surface area contributed by atoms with Crippen molar-refractivity contribution in [3.63, 3.8) is 0 Å². The molecule has 1 saturated carbocycles. The Labute approximate surface area is 110 Å². The van der Waals surface area contributed by atoms with E-state index in [0.29, 0.717) is 6.42 Å². The van der Waals surface area contributed by atoms with Crippen LogP contribution in [-0.2, 0) is 4.79 Å². The number of halogens is 2. The van der Waals surface area contributed by atoms with E-state index in [9.17, 15) is 13.6 Å². The lowest BCUT2D eigenvalue weighted by molar-refractivity contribution is -0.124. The summed E-state index contributed by atoms with van der Waals surface area (Å²) in [6.45, 7) is 3.22. The minimum absolute atomic E-state index is 0.176. The third-order valence-corrected chi connectivity index (χ3v) is 3.34. The van der Waals surface area contributed by atoms with Crippen molar-refractivity contribution in [3.05, 3.63) is 35.4 Å². The van der Waals surface area contributed by atoms with Crippen LogP contribution in [0, 0.1) is 17.6 Å². The maximum Gasteiger partial charge on any atom is 0.224 e. The zero-order chi connectivity index (χ0) is 14.2. The smallest absolute Gasteiger partial charge is 0.224 e. The highest BCUT2D eigenvalue weighted by Crippen LogP contribution is 2.48. The topological polar surface area (TPSA) is 49.3 Å². The molecule has 1 aromatic rings. The Morgan fingerprint density at radius 1 is 1.47 bits per heavy atom. The number of aliphatic hydroxyl groups excluding tert-OH is 1. The van der Waals surface area contributed by atoms with Crippen molar-refractivity contribution < 1.29 is 18.7 Å². The largest absolute Gasteiger partial charge is 0.394 e. The first kappa shape index (κ1) is 13.9. The van der Waals surface area contributed by atoms with Crippen LogP contribution in [0.3, 0.4) is 0 Å². The number of aliphatic hydroxyl groups is 1. The molecule has 2 N–H and O–H groups in total. The van der Waals surface area contributed by atoms with Crippen LogP contribution in [0.25, 0.3) is 0 Å². The van der Waals surface area contributed by atoms with E-state index < -0.39 is 17.2 Å². The lowest BCUT2D eigenvalue weighted by Gasteiger charge is -2.23. The second-order valence-electron chi connectivity index (χ2n) is 5.65. The molecule has 0 heterocycles. The number of amides is 1. The van der Waals surface area contributed by atoms with Gasteiger partial charge >= 0.3 is 0 Å². The molecule has 0 bridgehead atoms. The van der Waals surface area contributed by atoms with Crippen LogP contribution in [0.1, 0.15) is 31.7 Å². The zero-order valence-corrected chi connectivity index (χ0v) is 10.9. The molecule has 5 heteroatoms. The van der Waals surface area contributed by atoms with Gasteiger partial charge in [0.05, 0.1) is 12.1 Å². The molecule has 2 atom stereocenters. The fraction of sp³-hybridized carbons (Fsp3) is 0.500. The quantitative estimate of drug-likeness (QED) is 0.877. The van der Waals surface area contributed by atoms with Crippen molar-refractivity contribution in [2.24, 2.45) is 5.92 Å². The summed E-state index contributed by atoms with van der Waals surface area (Å²) in [4.78, 5) is 11.9. The number of rotatable bonds is 4. The maximum atomic E-state index is 13.6. The van der Waals surface area contributed by atoms with Gasteiger partial charge in [-0.1, -0.05) is 0 Å². The molecule has 1 aromatic carbocycles. The van der Waals surface area contributed by atoms with Crippen molar-refractivity contribution >= 4 is 5.91 Å². The molecule has 0 aromatic heterocycles. The van der Waals surface area contributed by atoms with Crippen LogP contribution in [0.15, 0.2) is 18.2 Å². The monoisotopic (exact) mass is 269 g/mol. The number of carbonyl (C=O) groups is 1. The van der Waals surface area contributed by atoms with Gasteiger partial charge in [-0.2, -0.15) is 0 Å². The average molecular weight is 269 g/mol. The molecular weight excluding hydrogens is 252 g/mol. The van der Waals surface area contributed by atoms with E-state index in [2.05, 4.69) is 5.32 Å².